The minimum atomic E-state index is 0.369. The second-order valence-corrected chi connectivity index (χ2v) is 4.21. The van der Waals surface area contributed by atoms with Crippen molar-refractivity contribution in [2.45, 2.75) is 25.7 Å². The summed E-state index contributed by atoms with van der Waals surface area (Å²) in [6.07, 6.45) is 2.28. The molecule has 1 aliphatic rings. The first-order valence-corrected chi connectivity index (χ1v) is 5.24. The Labute approximate surface area is 84.7 Å². The maximum Gasteiger partial charge on any atom is 0.115 e. The molecule has 1 aliphatic carbocycles. The highest BCUT2D eigenvalue weighted by atomic mass is 16.3. The minimum Gasteiger partial charge on any atom is -0.508 e. The van der Waals surface area contributed by atoms with E-state index in [1.807, 2.05) is 12.1 Å². The van der Waals surface area contributed by atoms with Crippen LogP contribution in [0.1, 0.15) is 30.4 Å². The minimum absolute atomic E-state index is 0.369. The lowest BCUT2D eigenvalue weighted by Gasteiger charge is -2.30. The van der Waals surface area contributed by atoms with Crippen LogP contribution in [0.2, 0.25) is 0 Å². The molecule has 0 bridgehead atoms. The molecule has 0 saturated heterocycles. The van der Waals surface area contributed by atoms with E-state index in [4.69, 9.17) is 5.73 Å². The van der Waals surface area contributed by atoms with Gasteiger partial charge in [-0.05, 0) is 54.5 Å². The number of hydrogen-bond donors (Lipinski definition) is 2. The monoisotopic (exact) mass is 191 g/mol. The molecule has 3 N–H and O–H groups in total. The number of aryl methyl sites for hydroxylation is 1. The Balaban J connectivity index is 2.38. The summed E-state index contributed by atoms with van der Waals surface area (Å²) in [7, 11) is 0. The standard InChI is InChI=1S/C12H17NO/c1-8-10(7-13)3-2-9-4-5-11(14)6-12(8)9/h4-6,8,10,14H,2-3,7,13H2,1H3. The molecular formula is C12H17NO. The smallest absolute Gasteiger partial charge is 0.115 e. The lowest BCUT2D eigenvalue weighted by molar-refractivity contribution is 0.397. The van der Waals surface area contributed by atoms with Crippen molar-refractivity contribution < 1.29 is 5.11 Å². The van der Waals surface area contributed by atoms with Gasteiger partial charge in [0.2, 0.25) is 0 Å². The number of aromatic hydroxyl groups is 1. The largest absolute Gasteiger partial charge is 0.508 e. The summed E-state index contributed by atoms with van der Waals surface area (Å²) in [4.78, 5) is 0. The third-order valence-electron chi connectivity index (χ3n) is 3.41. The molecule has 0 amide bonds. The molecule has 0 radical (unpaired) electrons. The quantitative estimate of drug-likeness (QED) is 0.713. The zero-order valence-corrected chi connectivity index (χ0v) is 8.53. The fraction of sp³-hybridized carbons (Fsp3) is 0.500. The Morgan fingerprint density at radius 2 is 2.29 bits per heavy atom. The van der Waals surface area contributed by atoms with Gasteiger partial charge in [0, 0.05) is 0 Å². The first-order chi connectivity index (χ1) is 6.72. The zero-order valence-electron chi connectivity index (χ0n) is 8.53. The van der Waals surface area contributed by atoms with Crippen LogP contribution in [0, 0.1) is 5.92 Å². The van der Waals surface area contributed by atoms with Crippen LogP contribution >= 0.6 is 0 Å². The summed E-state index contributed by atoms with van der Waals surface area (Å²) in [6, 6.07) is 5.70. The third kappa shape index (κ3) is 1.50. The molecule has 76 valence electrons. The molecule has 0 heterocycles. The van der Waals surface area contributed by atoms with Gasteiger partial charge in [-0.2, -0.15) is 0 Å². The van der Waals surface area contributed by atoms with E-state index < -0.39 is 0 Å². The number of rotatable bonds is 1. The average Bonchev–Trinajstić information content (AvgIpc) is 2.20. The van der Waals surface area contributed by atoms with Crippen molar-refractivity contribution in [1.82, 2.24) is 0 Å². The van der Waals surface area contributed by atoms with Crippen molar-refractivity contribution in [2.24, 2.45) is 11.7 Å². The van der Waals surface area contributed by atoms with Gasteiger partial charge < -0.3 is 10.8 Å². The summed E-state index contributed by atoms with van der Waals surface area (Å²) >= 11 is 0. The van der Waals surface area contributed by atoms with E-state index in [1.165, 1.54) is 17.5 Å². The molecule has 0 aliphatic heterocycles. The predicted molar refractivity (Wildman–Crippen MR) is 57.4 cm³/mol. The van der Waals surface area contributed by atoms with Crippen molar-refractivity contribution in [2.75, 3.05) is 6.54 Å². The number of nitrogens with two attached hydrogens (primary N) is 1. The molecule has 0 fully saturated rings. The fourth-order valence-corrected chi connectivity index (χ4v) is 2.40. The molecule has 1 aromatic carbocycles. The van der Waals surface area contributed by atoms with E-state index >= 15 is 0 Å². The van der Waals surface area contributed by atoms with Gasteiger partial charge in [-0.25, -0.2) is 0 Å². The first kappa shape index (κ1) is 9.53. The van der Waals surface area contributed by atoms with E-state index in [-0.39, 0.29) is 0 Å². The van der Waals surface area contributed by atoms with Crippen molar-refractivity contribution in [3.8, 4) is 5.75 Å². The SMILES string of the molecule is CC1c2cc(O)ccc2CCC1CN. The number of hydrogen-bond acceptors (Lipinski definition) is 2. The number of benzene rings is 1. The van der Waals surface area contributed by atoms with Gasteiger partial charge >= 0.3 is 0 Å². The molecule has 14 heavy (non-hydrogen) atoms. The maximum atomic E-state index is 9.43. The van der Waals surface area contributed by atoms with Crippen molar-refractivity contribution >= 4 is 0 Å². The number of phenolic OH excluding ortho intramolecular Hbond substituents is 1. The Bertz CT molecular complexity index is 335. The van der Waals surface area contributed by atoms with E-state index in [1.54, 1.807) is 6.07 Å². The lowest BCUT2D eigenvalue weighted by atomic mass is 9.76. The Morgan fingerprint density at radius 3 is 3.00 bits per heavy atom. The molecule has 0 saturated carbocycles. The Kier molecular flexibility index (Phi) is 2.46. The zero-order chi connectivity index (χ0) is 10.1. The van der Waals surface area contributed by atoms with Crippen molar-refractivity contribution in [3.05, 3.63) is 29.3 Å². The predicted octanol–water partition coefficient (Wildman–Crippen LogP) is 2.02. The summed E-state index contributed by atoms with van der Waals surface area (Å²) in [5.41, 5.74) is 8.39. The molecule has 2 nitrogen and oxygen atoms in total. The summed E-state index contributed by atoms with van der Waals surface area (Å²) in [5.74, 6) is 1.42. The highest BCUT2D eigenvalue weighted by Gasteiger charge is 2.24. The van der Waals surface area contributed by atoms with Crippen LogP contribution < -0.4 is 5.73 Å². The van der Waals surface area contributed by atoms with Gasteiger partial charge in [-0.1, -0.05) is 13.0 Å². The summed E-state index contributed by atoms with van der Waals surface area (Å²) in [5, 5.41) is 9.43. The van der Waals surface area contributed by atoms with Crippen LogP contribution in [0.3, 0.4) is 0 Å². The molecule has 2 unspecified atom stereocenters. The second-order valence-electron chi connectivity index (χ2n) is 4.21. The van der Waals surface area contributed by atoms with Gasteiger partial charge in [0.05, 0.1) is 0 Å². The molecule has 2 heteroatoms. The van der Waals surface area contributed by atoms with E-state index in [9.17, 15) is 5.11 Å². The van der Waals surface area contributed by atoms with Crippen molar-refractivity contribution in [3.63, 3.8) is 0 Å². The number of phenols is 1. The third-order valence-corrected chi connectivity index (χ3v) is 3.41. The molecule has 1 aromatic rings. The van der Waals surface area contributed by atoms with Gasteiger partial charge in [-0.3, -0.25) is 0 Å². The topological polar surface area (TPSA) is 46.2 Å². The number of fused-ring (bicyclic) bond motifs is 1. The van der Waals surface area contributed by atoms with E-state index in [0.717, 1.165) is 13.0 Å². The molecule has 2 atom stereocenters. The van der Waals surface area contributed by atoms with Gasteiger partial charge in [0.1, 0.15) is 5.75 Å². The molecular weight excluding hydrogens is 174 g/mol. The van der Waals surface area contributed by atoms with Gasteiger partial charge in [0.15, 0.2) is 0 Å². The van der Waals surface area contributed by atoms with Crippen LogP contribution in [0.15, 0.2) is 18.2 Å². The van der Waals surface area contributed by atoms with Crippen LogP contribution in [0.25, 0.3) is 0 Å². The second kappa shape index (κ2) is 3.62. The van der Waals surface area contributed by atoms with Crippen LogP contribution in [-0.2, 0) is 6.42 Å². The van der Waals surface area contributed by atoms with Crippen LogP contribution in [0.4, 0.5) is 0 Å². The Hall–Kier alpha value is -1.02. The van der Waals surface area contributed by atoms with Crippen LogP contribution in [0.5, 0.6) is 5.75 Å². The van der Waals surface area contributed by atoms with Crippen molar-refractivity contribution in [1.29, 1.82) is 0 Å². The maximum absolute atomic E-state index is 9.43. The average molecular weight is 191 g/mol. The molecule has 0 spiro atoms. The summed E-state index contributed by atoms with van der Waals surface area (Å²) < 4.78 is 0. The normalized spacial score (nSPS) is 25.9. The lowest BCUT2D eigenvalue weighted by Crippen LogP contribution is -2.25. The van der Waals surface area contributed by atoms with Crippen LogP contribution in [-0.4, -0.2) is 11.7 Å². The van der Waals surface area contributed by atoms with E-state index in [2.05, 4.69) is 6.92 Å². The van der Waals surface area contributed by atoms with Gasteiger partial charge in [0.25, 0.3) is 0 Å². The van der Waals surface area contributed by atoms with Gasteiger partial charge in [-0.15, -0.1) is 0 Å². The fourth-order valence-electron chi connectivity index (χ4n) is 2.40. The molecule has 0 aromatic heterocycles. The highest BCUT2D eigenvalue weighted by Crippen LogP contribution is 2.36. The summed E-state index contributed by atoms with van der Waals surface area (Å²) in [6.45, 7) is 2.95. The van der Waals surface area contributed by atoms with E-state index in [0.29, 0.717) is 17.6 Å². The Morgan fingerprint density at radius 1 is 1.50 bits per heavy atom. The highest BCUT2D eigenvalue weighted by molar-refractivity contribution is 5.39. The first-order valence-electron chi connectivity index (χ1n) is 5.24. The molecule has 2 rings (SSSR count).